The van der Waals surface area contributed by atoms with Gasteiger partial charge in [-0.1, -0.05) is 84.1 Å². The van der Waals surface area contributed by atoms with Crippen molar-refractivity contribution in [3.8, 4) is 0 Å². The second kappa shape index (κ2) is 9.35. The molecule has 25 heavy (non-hydrogen) atoms. The molecule has 2 rings (SSSR count). The van der Waals surface area contributed by atoms with E-state index in [2.05, 4.69) is 93.4 Å². The predicted octanol–water partition coefficient (Wildman–Crippen LogP) is 4.79. The summed E-state index contributed by atoms with van der Waals surface area (Å²) in [6.07, 6.45) is 5.70. The number of hydrogen-bond donors (Lipinski definition) is 0. The molecule has 130 valence electrons. The normalized spacial score (nSPS) is 13.3. The molecule has 0 amide bonds. The molecule has 0 heterocycles. The summed E-state index contributed by atoms with van der Waals surface area (Å²) in [5, 5.41) is 2.53. The second-order valence-electron chi connectivity index (χ2n) is 6.40. The summed E-state index contributed by atoms with van der Waals surface area (Å²) in [5.41, 5.74) is 3.67. The highest BCUT2D eigenvalue weighted by Crippen LogP contribution is 2.18. The second-order valence-corrected chi connectivity index (χ2v) is 9.55. The molecule has 2 heteroatoms. The first-order chi connectivity index (χ1) is 12.1. The van der Waals surface area contributed by atoms with Gasteiger partial charge in [0.05, 0.1) is 0 Å². The first-order valence-corrected chi connectivity index (χ1v) is 10.8. The number of rotatable bonds is 9. The molecule has 0 saturated heterocycles. The molecule has 0 N–H and O–H groups in total. The SMILES string of the molecule is C=CC/C(C)=C\[Si](OC(C)CC=C)(c1ccccc1)c1ccccc1. The minimum atomic E-state index is -2.51. The van der Waals surface area contributed by atoms with Gasteiger partial charge in [0.25, 0.3) is 8.32 Å². The number of hydrogen-bond acceptors (Lipinski definition) is 1. The molecule has 0 bridgehead atoms. The van der Waals surface area contributed by atoms with Gasteiger partial charge < -0.3 is 4.43 Å². The van der Waals surface area contributed by atoms with Gasteiger partial charge in [-0.2, -0.15) is 0 Å². The van der Waals surface area contributed by atoms with Crippen molar-refractivity contribution >= 4 is 18.7 Å². The van der Waals surface area contributed by atoms with E-state index in [1.165, 1.54) is 15.9 Å². The Morgan fingerprint density at radius 1 is 0.960 bits per heavy atom. The molecule has 0 saturated carbocycles. The Morgan fingerprint density at radius 3 is 1.92 bits per heavy atom. The standard InChI is InChI=1S/C23H28OSi/c1-5-13-20(3)19-25(24-21(4)14-6-2,22-15-9-7-10-16-22)23-17-11-8-12-18-23/h5-12,15-19,21H,1-2,13-14H2,3-4H3/b20-19-. The van der Waals surface area contributed by atoms with Gasteiger partial charge >= 0.3 is 0 Å². The van der Waals surface area contributed by atoms with Gasteiger partial charge in [0.15, 0.2) is 0 Å². The predicted molar refractivity (Wildman–Crippen MR) is 112 cm³/mol. The van der Waals surface area contributed by atoms with E-state index in [-0.39, 0.29) is 6.10 Å². The van der Waals surface area contributed by atoms with Gasteiger partial charge in [0, 0.05) is 6.10 Å². The summed E-state index contributed by atoms with van der Waals surface area (Å²) in [6, 6.07) is 21.3. The molecule has 0 aliphatic heterocycles. The lowest BCUT2D eigenvalue weighted by atomic mass is 10.2. The zero-order chi connectivity index (χ0) is 18.1. The average Bonchev–Trinajstić information content (AvgIpc) is 2.63. The molecule has 0 spiro atoms. The summed E-state index contributed by atoms with van der Waals surface area (Å²) in [7, 11) is -2.51. The maximum absolute atomic E-state index is 6.82. The van der Waals surface area contributed by atoms with E-state index in [1.807, 2.05) is 12.2 Å². The highest BCUT2D eigenvalue weighted by atomic mass is 28.4. The van der Waals surface area contributed by atoms with Crippen LogP contribution >= 0.6 is 0 Å². The maximum atomic E-state index is 6.82. The minimum Gasteiger partial charge on any atom is -0.402 e. The molecule has 0 aromatic heterocycles. The Balaban J connectivity index is 2.66. The molecule has 0 aliphatic carbocycles. The summed E-state index contributed by atoms with van der Waals surface area (Å²) >= 11 is 0. The Labute approximate surface area is 153 Å². The molecule has 2 aromatic rings. The van der Waals surface area contributed by atoms with Crippen LogP contribution in [0.1, 0.15) is 26.7 Å². The van der Waals surface area contributed by atoms with Gasteiger partial charge in [0.1, 0.15) is 0 Å². The van der Waals surface area contributed by atoms with Gasteiger partial charge in [-0.25, -0.2) is 0 Å². The lowest BCUT2D eigenvalue weighted by Gasteiger charge is -2.33. The van der Waals surface area contributed by atoms with Crippen LogP contribution in [0.15, 0.2) is 97.2 Å². The summed E-state index contributed by atoms with van der Waals surface area (Å²) in [6.45, 7) is 12.1. The van der Waals surface area contributed by atoms with Crippen LogP contribution in [-0.2, 0) is 4.43 Å². The monoisotopic (exact) mass is 348 g/mol. The summed E-state index contributed by atoms with van der Waals surface area (Å²) < 4.78 is 6.82. The average molecular weight is 349 g/mol. The van der Waals surface area contributed by atoms with E-state index in [4.69, 9.17) is 4.43 Å². The lowest BCUT2D eigenvalue weighted by Crippen LogP contribution is -2.61. The summed E-state index contributed by atoms with van der Waals surface area (Å²) in [5.74, 6) is 0. The molecule has 0 radical (unpaired) electrons. The number of allylic oxidation sites excluding steroid dienone is 2. The largest absolute Gasteiger partial charge is 0.402 e. The first kappa shape index (κ1) is 19.2. The Hall–Kier alpha value is -2.16. The zero-order valence-corrected chi connectivity index (χ0v) is 16.3. The minimum absolute atomic E-state index is 0.109. The third-order valence-corrected chi connectivity index (χ3v) is 8.26. The van der Waals surface area contributed by atoms with Crippen molar-refractivity contribution in [2.75, 3.05) is 0 Å². The van der Waals surface area contributed by atoms with Crippen LogP contribution in [0, 0.1) is 0 Å². The number of benzene rings is 2. The Morgan fingerprint density at radius 2 is 1.48 bits per heavy atom. The van der Waals surface area contributed by atoms with E-state index < -0.39 is 8.32 Å². The van der Waals surface area contributed by atoms with E-state index in [9.17, 15) is 0 Å². The lowest BCUT2D eigenvalue weighted by molar-refractivity contribution is 0.226. The molecular formula is C23H28OSi. The molecule has 0 aliphatic rings. The smallest absolute Gasteiger partial charge is 0.281 e. The quantitative estimate of drug-likeness (QED) is 0.468. The van der Waals surface area contributed by atoms with Crippen molar-refractivity contribution < 1.29 is 4.43 Å². The molecular weight excluding hydrogens is 320 g/mol. The van der Waals surface area contributed by atoms with Crippen LogP contribution in [0.5, 0.6) is 0 Å². The van der Waals surface area contributed by atoms with E-state index in [0.29, 0.717) is 0 Å². The van der Waals surface area contributed by atoms with Crippen molar-refractivity contribution in [1.29, 1.82) is 0 Å². The van der Waals surface area contributed by atoms with Gasteiger partial charge in [0.2, 0.25) is 0 Å². The van der Waals surface area contributed by atoms with E-state index in [1.54, 1.807) is 0 Å². The maximum Gasteiger partial charge on any atom is 0.281 e. The van der Waals surface area contributed by atoms with Crippen LogP contribution in [-0.4, -0.2) is 14.4 Å². The van der Waals surface area contributed by atoms with Crippen molar-refractivity contribution in [2.45, 2.75) is 32.8 Å². The molecule has 1 atom stereocenters. The molecule has 2 aromatic carbocycles. The zero-order valence-electron chi connectivity index (χ0n) is 15.3. The van der Waals surface area contributed by atoms with Crippen molar-refractivity contribution in [3.05, 3.63) is 97.2 Å². The van der Waals surface area contributed by atoms with Crippen LogP contribution in [0.2, 0.25) is 0 Å². The van der Waals surface area contributed by atoms with Crippen molar-refractivity contribution in [2.24, 2.45) is 0 Å². The summed E-state index contributed by atoms with van der Waals surface area (Å²) in [4.78, 5) is 0. The third-order valence-electron chi connectivity index (χ3n) is 4.21. The molecule has 1 nitrogen and oxygen atoms in total. The van der Waals surface area contributed by atoms with Crippen LogP contribution in [0.4, 0.5) is 0 Å². The van der Waals surface area contributed by atoms with Crippen LogP contribution in [0.25, 0.3) is 0 Å². The van der Waals surface area contributed by atoms with E-state index >= 15 is 0 Å². The highest BCUT2D eigenvalue weighted by Gasteiger charge is 2.39. The first-order valence-electron chi connectivity index (χ1n) is 8.81. The Kier molecular flexibility index (Phi) is 7.17. The molecule has 1 unspecified atom stereocenters. The fraction of sp³-hybridized carbons (Fsp3) is 0.217. The fourth-order valence-electron chi connectivity index (χ4n) is 3.11. The fourth-order valence-corrected chi connectivity index (χ4v) is 7.03. The Bertz CT molecular complexity index is 664. The third kappa shape index (κ3) is 4.91. The van der Waals surface area contributed by atoms with Crippen LogP contribution in [0.3, 0.4) is 0 Å². The van der Waals surface area contributed by atoms with Gasteiger partial charge in [-0.15, -0.1) is 13.2 Å². The topological polar surface area (TPSA) is 9.23 Å². The van der Waals surface area contributed by atoms with Crippen LogP contribution < -0.4 is 10.4 Å². The van der Waals surface area contributed by atoms with Crippen molar-refractivity contribution in [3.63, 3.8) is 0 Å². The van der Waals surface area contributed by atoms with Gasteiger partial charge in [-0.05, 0) is 37.1 Å². The highest BCUT2D eigenvalue weighted by molar-refractivity contribution is 7.01. The van der Waals surface area contributed by atoms with E-state index in [0.717, 1.165) is 12.8 Å². The molecule has 0 fully saturated rings. The van der Waals surface area contributed by atoms with Gasteiger partial charge in [-0.3, -0.25) is 0 Å². The van der Waals surface area contributed by atoms with Crippen molar-refractivity contribution in [1.82, 2.24) is 0 Å².